The highest BCUT2D eigenvalue weighted by Crippen LogP contribution is 2.43. The molecule has 8 rings (SSSR count). The van der Waals surface area contributed by atoms with Gasteiger partial charge in [-0.3, -0.25) is 14.5 Å². The van der Waals surface area contributed by atoms with Crippen molar-refractivity contribution in [1.29, 1.82) is 0 Å². The highest BCUT2D eigenvalue weighted by Gasteiger charge is 2.50. The summed E-state index contributed by atoms with van der Waals surface area (Å²) in [6, 6.07) is 23.8. The number of likely N-dealkylation sites (tertiary alicyclic amines) is 1. The van der Waals surface area contributed by atoms with Crippen molar-refractivity contribution in [2.24, 2.45) is 0 Å². The van der Waals surface area contributed by atoms with Crippen LogP contribution in [0.15, 0.2) is 72.8 Å². The number of nitrogens with zero attached hydrogens (tertiary/aromatic N) is 5. The Bertz CT molecular complexity index is 1760. The van der Waals surface area contributed by atoms with E-state index in [0.717, 1.165) is 64.8 Å². The number of carbonyl (C=O) groups is 2. The minimum absolute atomic E-state index is 0.00286. The number of aromatic amines is 1. The summed E-state index contributed by atoms with van der Waals surface area (Å²) < 4.78 is 8.81. The smallest absolute Gasteiger partial charge is 0.246 e. The number of hydrogen-bond donors (Lipinski definition) is 1. The SMILES string of the molecule is O=C1[C@H]2Cc3c([nH]c4ccccc34)[C@H](c3ccc4nsnc4c3)N2C(=O)CN1[C@H]1CCN(Cc2ccccc2)C1. The van der Waals surface area contributed by atoms with E-state index >= 15 is 0 Å². The molecule has 3 atom stereocenters. The van der Waals surface area contributed by atoms with E-state index in [9.17, 15) is 9.59 Å². The van der Waals surface area contributed by atoms with Crippen LogP contribution < -0.4 is 0 Å². The third-order valence-electron chi connectivity index (χ3n) is 8.82. The molecule has 0 spiro atoms. The van der Waals surface area contributed by atoms with Gasteiger partial charge in [0.2, 0.25) is 11.8 Å². The van der Waals surface area contributed by atoms with E-state index in [1.165, 1.54) is 17.3 Å². The van der Waals surface area contributed by atoms with Crippen molar-refractivity contribution < 1.29 is 9.59 Å². The molecular weight excluding hydrogens is 520 g/mol. The zero-order valence-electron chi connectivity index (χ0n) is 21.9. The van der Waals surface area contributed by atoms with Gasteiger partial charge in [0.05, 0.1) is 17.8 Å². The van der Waals surface area contributed by atoms with Gasteiger partial charge in [-0.25, -0.2) is 0 Å². The zero-order chi connectivity index (χ0) is 26.8. The van der Waals surface area contributed by atoms with Gasteiger partial charge < -0.3 is 14.8 Å². The van der Waals surface area contributed by atoms with Crippen LogP contribution >= 0.6 is 11.7 Å². The Morgan fingerprint density at radius 2 is 1.77 bits per heavy atom. The van der Waals surface area contributed by atoms with E-state index < -0.39 is 6.04 Å². The van der Waals surface area contributed by atoms with Gasteiger partial charge in [0.1, 0.15) is 23.6 Å². The number of fused-ring (bicyclic) bond motifs is 5. The van der Waals surface area contributed by atoms with Crippen molar-refractivity contribution in [1.82, 2.24) is 28.4 Å². The van der Waals surface area contributed by atoms with Gasteiger partial charge in [0.15, 0.2) is 0 Å². The van der Waals surface area contributed by atoms with Crippen LogP contribution in [0.5, 0.6) is 0 Å². The number of nitrogens with one attached hydrogen (secondary N) is 1. The van der Waals surface area contributed by atoms with Gasteiger partial charge in [-0.1, -0.05) is 54.6 Å². The molecule has 5 aromatic rings. The Balaban J connectivity index is 1.15. The van der Waals surface area contributed by atoms with E-state index in [-0.39, 0.29) is 30.4 Å². The van der Waals surface area contributed by atoms with Crippen LogP contribution in [0.3, 0.4) is 0 Å². The van der Waals surface area contributed by atoms with Crippen molar-refractivity contribution in [3.8, 4) is 0 Å². The Labute approximate surface area is 235 Å². The largest absolute Gasteiger partial charge is 0.356 e. The van der Waals surface area contributed by atoms with Crippen LogP contribution in [0.1, 0.15) is 34.8 Å². The van der Waals surface area contributed by atoms with E-state index in [2.05, 4.69) is 55.0 Å². The van der Waals surface area contributed by atoms with E-state index in [1.54, 1.807) is 0 Å². The number of piperazine rings is 1. The average Bonchev–Trinajstić information content (AvgIpc) is 3.72. The highest BCUT2D eigenvalue weighted by atomic mass is 32.1. The number of para-hydroxylation sites is 1. The molecule has 1 N–H and O–H groups in total. The quantitative estimate of drug-likeness (QED) is 0.365. The lowest BCUT2D eigenvalue weighted by Gasteiger charge is -2.48. The molecule has 40 heavy (non-hydrogen) atoms. The molecule has 9 heteroatoms. The van der Waals surface area contributed by atoms with Crippen LogP contribution in [-0.2, 0) is 22.6 Å². The summed E-state index contributed by atoms with van der Waals surface area (Å²) in [5.74, 6) is 0.0559. The predicted octanol–water partition coefficient (Wildman–Crippen LogP) is 4.13. The third kappa shape index (κ3) is 3.76. The van der Waals surface area contributed by atoms with Crippen LogP contribution in [0.4, 0.5) is 0 Å². The van der Waals surface area contributed by atoms with Gasteiger partial charge in [-0.05, 0) is 41.3 Å². The number of benzene rings is 3. The Morgan fingerprint density at radius 3 is 2.67 bits per heavy atom. The van der Waals surface area contributed by atoms with Crippen molar-refractivity contribution in [3.05, 3.63) is 95.2 Å². The molecule has 2 fully saturated rings. The average molecular weight is 549 g/mol. The fourth-order valence-corrected chi connectivity index (χ4v) is 7.48. The van der Waals surface area contributed by atoms with Crippen LogP contribution in [0.25, 0.3) is 21.9 Å². The minimum Gasteiger partial charge on any atom is -0.356 e. The monoisotopic (exact) mass is 548 g/mol. The van der Waals surface area contributed by atoms with Gasteiger partial charge in [-0.15, -0.1) is 0 Å². The van der Waals surface area contributed by atoms with Crippen LogP contribution in [0, 0.1) is 0 Å². The van der Waals surface area contributed by atoms with Crippen LogP contribution in [0.2, 0.25) is 0 Å². The molecule has 3 aliphatic heterocycles. The molecule has 8 nitrogen and oxygen atoms in total. The molecule has 3 aromatic carbocycles. The second-order valence-corrected chi connectivity index (χ2v) is 11.7. The molecule has 200 valence electrons. The van der Waals surface area contributed by atoms with Crippen LogP contribution in [-0.4, -0.2) is 72.0 Å². The number of carbonyl (C=O) groups excluding carboxylic acids is 2. The van der Waals surface area contributed by atoms with E-state index in [0.29, 0.717) is 6.42 Å². The predicted molar refractivity (Wildman–Crippen MR) is 154 cm³/mol. The van der Waals surface area contributed by atoms with Crippen molar-refractivity contribution in [3.63, 3.8) is 0 Å². The minimum atomic E-state index is -0.537. The van der Waals surface area contributed by atoms with Gasteiger partial charge in [0, 0.05) is 48.7 Å². The zero-order valence-corrected chi connectivity index (χ0v) is 22.7. The molecule has 2 aromatic heterocycles. The number of aromatic nitrogens is 3. The Morgan fingerprint density at radius 1 is 0.950 bits per heavy atom. The summed E-state index contributed by atoms with van der Waals surface area (Å²) in [6.07, 6.45) is 1.39. The molecule has 3 aliphatic rings. The maximum Gasteiger partial charge on any atom is 0.246 e. The molecule has 0 bridgehead atoms. The molecule has 2 saturated heterocycles. The topological polar surface area (TPSA) is 85.4 Å². The van der Waals surface area contributed by atoms with Gasteiger partial charge in [0.25, 0.3) is 0 Å². The fraction of sp³-hybridized carbons (Fsp3) is 0.290. The van der Waals surface area contributed by atoms with E-state index in [4.69, 9.17) is 0 Å². The molecule has 0 aliphatic carbocycles. The summed E-state index contributed by atoms with van der Waals surface area (Å²) in [6.45, 7) is 2.68. The number of hydrogen-bond acceptors (Lipinski definition) is 6. The van der Waals surface area contributed by atoms with Crippen molar-refractivity contribution in [2.45, 2.75) is 37.5 Å². The molecule has 5 heterocycles. The lowest BCUT2D eigenvalue weighted by atomic mass is 9.85. The lowest BCUT2D eigenvalue weighted by Crippen LogP contribution is -2.65. The van der Waals surface area contributed by atoms with Gasteiger partial charge >= 0.3 is 0 Å². The first kappa shape index (κ1) is 23.8. The lowest BCUT2D eigenvalue weighted by molar-refractivity contribution is -0.160. The molecule has 0 radical (unpaired) electrons. The van der Waals surface area contributed by atoms with Gasteiger partial charge in [-0.2, -0.15) is 8.75 Å². The van der Waals surface area contributed by atoms with Crippen molar-refractivity contribution >= 4 is 45.5 Å². The molecular formula is C31H28N6O2S. The number of H-pyrrole nitrogens is 1. The second-order valence-electron chi connectivity index (χ2n) is 11.1. The standard InChI is InChI=1S/C31H28N6O2S/c38-28-18-36(21-12-13-35(17-21)16-19-6-2-1-3-7-19)31(39)27-15-23-22-8-4-5-9-24(22)32-29(23)30(37(27)28)20-10-11-25-26(14-20)34-40-33-25/h1-11,14,21,27,30,32H,12-13,15-18H2/t21-,27+,30-/m0/s1. The summed E-state index contributed by atoms with van der Waals surface area (Å²) in [7, 11) is 0. The maximum atomic E-state index is 14.3. The first-order valence-electron chi connectivity index (χ1n) is 13.8. The highest BCUT2D eigenvalue weighted by molar-refractivity contribution is 7.00. The summed E-state index contributed by atoms with van der Waals surface area (Å²) in [5.41, 5.74) is 7.00. The number of rotatable bonds is 4. The normalized spacial score (nSPS) is 23.2. The Hall–Kier alpha value is -4.08. The van der Waals surface area contributed by atoms with Crippen molar-refractivity contribution in [2.75, 3.05) is 19.6 Å². The first-order valence-corrected chi connectivity index (χ1v) is 14.6. The molecule has 2 amide bonds. The summed E-state index contributed by atoms with van der Waals surface area (Å²) in [5, 5.41) is 1.12. The molecule has 0 saturated carbocycles. The number of amides is 2. The summed E-state index contributed by atoms with van der Waals surface area (Å²) in [4.78, 5) is 38.0. The maximum absolute atomic E-state index is 14.3. The third-order valence-corrected chi connectivity index (χ3v) is 9.38. The Kier molecular flexibility index (Phi) is 5.50. The van der Waals surface area contributed by atoms with E-state index in [1.807, 2.05) is 46.2 Å². The first-order chi connectivity index (χ1) is 19.6. The fourth-order valence-electron chi connectivity index (χ4n) is 6.96. The second kappa shape index (κ2) is 9.25. The molecule has 0 unspecified atom stereocenters. The summed E-state index contributed by atoms with van der Waals surface area (Å²) >= 11 is 1.18.